The lowest BCUT2D eigenvalue weighted by Gasteiger charge is -2.20. The quantitative estimate of drug-likeness (QED) is 0.283. The summed E-state index contributed by atoms with van der Waals surface area (Å²) >= 11 is 0. The number of aromatic hydroxyl groups is 1. The van der Waals surface area contributed by atoms with Crippen molar-refractivity contribution in [3.63, 3.8) is 0 Å². The first kappa shape index (κ1) is 26.0. The van der Waals surface area contributed by atoms with E-state index < -0.39 is 36.0 Å². The molecule has 0 spiro atoms. The highest BCUT2D eigenvalue weighted by Crippen LogP contribution is 2.34. The molecule has 3 rings (SSSR count). The first-order valence-electron chi connectivity index (χ1n) is 10.7. The second-order valence-electron chi connectivity index (χ2n) is 7.58. The minimum absolute atomic E-state index is 0.0308. The summed E-state index contributed by atoms with van der Waals surface area (Å²) in [6.07, 6.45) is 0. The third-order valence-electron chi connectivity index (χ3n) is 5.46. The number of ketones is 1. The second-order valence-corrected chi connectivity index (χ2v) is 7.58. The number of aryl methyl sites for hydroxylation is 1. The van der Waals surface area contributed by atoms with Gasteiger partial charge in [0.25, 0.3) is 0 Å². The van der Waals surface area contributed by atoms with Crippen molar-refractivity contribution >= 4 is 23.7 Å². The molecule has 3 aromatic carbocycles. The van der Waals surface area contributed by atoms with Crippen LogP contribution in [-0.2, 0) is 20.8 Å². The standard InChI is InChI=1S/C27H24O9/c1-15-13-17(26(31)34-3)22(24(29)23-19(28)11-8-12-20(23)33-2)18(21(15)27(32)35-4)14-36-25(30)16-9-6-5-7-10-16/h5-13,28H,14H2,1-4H3. The minimum atomic E-state index is -0.872. The van der Waals surface area contributed by atoms with Crippen LogP contribution in [0, 0.1) is 6.92 Å². The van der Waals surface area contributed by atoms with E-state index in [9.17, 15) is 24.3 Å². The fraction of sp³-hybridized carbons (Fsp3) is 0.185. The Morgan fingerprint density at radius 3 is 2.06 bits per heavy atom. The molecule has 1 N–H and O–H groups in total. The molecule has 0 bridgehead atoms. The number of methoxy groups -OCH3 is 3. The SMILES string of the molecule is COC(=O)c1cc(C)c(C(=O)OC)c(COC(=O)c2ccccc2)c1C(=O)c1c(O)cccc1OC. The summed E-state index contributed by atoms with van der Waals surface area (Å²) < 4.78 is 20.5. The Morgan fingerprint density at radius 2 is 1.44 bits per heavy atom. The predicted molar refractivity (Wildman–Crippen MR) is 128 cm³/mol. The Balaban J connectivity index is 2.29. The number of phenols is 1. The van der Waals surface area contributed by atoms with Gasteiger partial charge in [0.1, 0.15) is 23.7 Å². The lowest BCUT2D eigenvalue weighted by molar-refractivity contribution is 0.0458. The maximum absolute atomic E-state index is 13.9. The summed E-state index contributed by atoms with van der Waals surface area (Å²) in [5, 5.41) is 10.5. The Kier molecular flexibility index (Phi) is 8.06. The number of hydrogen-bond donors (Lipinski definition) is 1. The van der Waals surface area contributed by atoms with Crippen molar-refractivity contribution in [2.24, 2.45) is 0 Å². The van der Waals surface area contributed by atoms with Gasteiger partial charge in [-0.15, -0.1) is 0 Å². The van der Waals surface area contributed by atoms with Gasteiger partial charge in [-0.2, -0.15) is 0 Å². The zero-order valence-electron chi connectivity index (χ0n) is 20.1. The molecule has 0 heterocycles. The zero-order chi connectivity index (χ0) is 26.4. The van der Waals surface area contributed by atoms with Gasteiger partial charge in [0.2, 0.25) is 5.78 Å². The van der Waals surface area contributed by atoms with E-state index in [2.05, 4.69) is 0 Å². The lowest BCUT2D eigenvalue weighted by atomic mass is 9.87. The summed E-state index contributed by atoms with van der Waals surface area (Å²) in [6, 6.07) is 13.6. The molecule has 0 fully saturated rings. The van der Waals surface area contributed by atoms with Crippen LogP contribution in [0.15, 0.2) is 54.6 Å². The highest BCUT2D eigenvalue weighted by atomic mass is 16.5. The predicted octanol–water partition coefficient (Wildman–Crippen LogP) is 3.87. The Morgan fingerprint density at radius 1 is 0.778 bits per heavy atom. The van der Waals surface area contributed by atoms with Crippen molar-refractivity contribution in [1.29, 1.82) is 0 Å². The molecular formula is C27H24O9. The van der Waals surface area contributed by atoms with E-state index in [1.807, 2.05) is 0 Å². The molecule has 9 nitrogen and oxygen atoms in total. The Bertz CT molecular complexity index is 1330. The first-order chi connectivity index (χ1) is 17.2. The van der Waals surface area contributed by atoms with Crippen molar-refractivity contribution in [3.05, 3.63) is 93.5 Å². The molecule has 0 saturated carbocycles. The lowest BCUT2D eigenvalue weighted by Crippen LogP contribution is -2.21. The number of phenolic OH excluding ortho intramolecular Hbond substituents is 1. The van der Waals surface area contributed by atoms with Gasteiger partial charge in [-0.05, 0) is 42.8 Å². The molecule has 0 radical (unpaired) electrons. The summed E-state index contributed by atoms with van der Waals surface area (Å²) in [5.41, 5.74) is -0.356. The van der Waals surface area contributed by atoms with E-state index in [-0.39, 0.29) is 44.7 Å². The van der Waals surface area contributed by atoms with Crippen molar-refractivity contribution in [3.8, 4) is 11.5 Å². The van der Waals surface area contributed by atoms with Crippen LogP contribution < -0.4 is 4.74 Å². The van der Waals surface area contributed by atoms with Crippen molar-refractivity contribution < 1.29 is 43.2 Å². The zero-order valence-corrected chi connectivity index (χ0v) is 20.1. The van der Waals surface area contributed by atoms with Crippen LogP contribution in [0.5, 0.6) is 11.5 Å². The van der Waals surface area contributed by atoms with Gasteiger partial charge >= 0.3 is 17.9 Å². The fourth-order valence-electron chi connectivity index (χ4n) is 3.79. The number of ether oxygens (including phenoxy) is 4. The summed E-state index contributed by atoms with van der Waals surface area (Å²) in [7, 11) is 3.60. The van der Waals surface area contributed by atoms with E-state index in [1.54, 1.807) is 30.3 Å². The van der Waals surface area contributed by atoms with E-state index in [0.29, 0.717) is 0 Å². The third-order valence-corrected chi connectivity index (χ3v) is 5.46. The third kappa shape index (κ3) is 5.05. The van der Waals surface area contributed by atoms with Crippen molar-refractivity contribution in [1.82, 2.24) is 0 Å². The average Bonchev–Trinajstić information content (AvgIpc) is 2.90. The summed E-state index contributed by atoms with van der Waals surface area (Å²) in [6.45, 7) is 0.983. The maximum Gasteiger partial charge on any atom is 0.338 e. The van der Waals surface area contributed by atoms with Gasteiger partial charge in [-0.3, -0.25) is 4.79 Å². The number of esters is 3. The van der Waals surface area contributed by atoms with Gasteiger partial charge in [-0.25, -0.2) is 14.4 Å². The Labute approximate surface area is 207 Å². The number of carbonyl (C=O) groups excluding carboxylic acids is 4. The first-order valence-corrected chi connectivity index (χ1v) is 10.7. The normalized spacial score (nSPS) is 10.3. The molecule has 0 amide bonds. The smallest absolute Gasteiger partial charge is 0.338 e. The van der Waals surface area contributed by atoms with Crippen molar-refractivity contribution in [2.75, 3.05) is 21.3 Å². The van der Waals surface area contributed by atoms with Crippen molar-refractivity contribution in [2.45, 2.75) is 13.5 Å². The molecule has 36 heavy (non-hydrogen) atoms. The summed E-state index contributed by atoms with van der Waals surface area (Å²) in [4.78, 5) is 52.0. The molecule has 0 saturated heterocycles. The molecule has 186 valence electrons. The van der Waals surface area contributed by atoms with E-state index >= 15 is 0 Å². The topological polar surface area (TPSA) is 125 Å². The van der Waals surface area contributed by atoms with Crippen LogP contribution in [0.3, 0.4) is 0 Å². The van der Waals surface area contributed by atoms with Gasteiger partial charge in [0.05, 0.1) is 38.0 Å². The van der Waals surface area contributed by atoms with Gasteiger partial charge in [-0.1, -0.05) is 24.3 Å². The van der Waals surface area contributed by atoms with Crippen LogP contribution in [0.2, 0.25) is 0 Å². The van der Waals surface area contributed by atoms with Crippen LogP contribution >= 0.6 is 0 Å². The Hall–Kier alpha value is -4.66. The van der Waals surface area contributed by atoms with Gasteiger partial charge in [0.15, 0.2) is 0 Å². The molecule has 0 aromatic heterocycles. The number of benzene rings is 3. The number of carbonyl (C=O) groups is 4. The summed E-state index contributed by atoms with van der Waals surface area (Å²) in [5.74, 6) is -3.63. The maximum atomic E-state index is 13.9. The molecule has 9 heteroatoms. The molecule has 0 unspecified atom stereocenters. The molecule has 0 aliphatic carbocycles. The van der Waals surface area contributed by atoms with E-state index in [1.165, 1.54) is 38.3 Å². The minimum Gasteiger partial charge on any atom is -0.507 e. The van der Waals surface area contributed by atoms with Crippen LogP contribution in [-0.4, -0.2) is 50.1 Å². The molecule has 0 aliphatic rings. The molecular weight excluding hydrogens is 468 g/mol. The fourth-order valence-corrected chi connectivity index (χ4v) is 3.79. The molecule has 0 aliphatic heterocycles. The largest absolute Gasteiger partial charge is 0.507 e. The molecule has 3 aromatic rings. The van der Waals surface area contributed by atoms with E-state index in [4.69, 9.17) is 18.9 Å². The van der Waals surface area contributed by atoms with Crippen LogP contribution in [0.4, 0.5) is 0 Å². The second kappa shape index (κ2) is 11.2. The average molecular weight is 492 g/mol. The highest BCUT2D eigenvalue weighted by molar-refractivity contribution is 6.19. The molecule has 0 atom stereocenters. The number of rotatable bonds is 8. The monoisotopic (exact) mass is 492 g/mol. The van der Waals surface area contributed by atoms with Gasteiger partial charge < -0.3 is 24.1 Å². The number of hydrogen-bond acceptors (Lipinski definition) is 9. The van der Waals surface area contributed by atoms with E-state index in [0.717, 1.165) is 14.2 Å². The van der Waals surface area contributed by atoms with Crippen LogP contribution in [0.25, 0.3) is 0 Å². The van der Waals surface area contributed by atoms with Crippen LogP contribution in [0.1, 0.15) is 58.1 Å². The highest BCUT2D eigenvalue weighted by Gasteiger charge is 2.32. The van der Waals surface area contributed by atoms with Gasteiger partial charge in [0, 0.05) is 11.1 Å².